The summed E-state index contributed by atoms with van der Waals surface area (Å²) in [7, 11) is 3.05. The fourth-order valence-electron chi connectivity index (χ4n) is 10.3. The molecule has 22 heteroatoms. The number of hydrogen-bond donors (Lipinski definition) is 5. The highest BCUT2D eigenvalue weighted by atomic mass is 79.9. The van der Waals surface area contributed by atoms with Crippen LogP contribution in [0.15, 0.2) is 70.8 Å². The van der Waals surface area contributed by atoms with Crippen LogP contribution in [-0.2, 0) is 65.3 Å². The standard InChI is InChI=1S/C59H78Br2ClN5O14/c1-33(2)41(28-40(68)16-11-10-12-22-78-55(73)36(5)32-60)54(72)65-44(17-14-21-64-56(63)74)46(69)27-38-19-20-43(42(61)25-38)66-57(75)80-49-29-50(70)67(8)45-26-39(24-35(4)52(45)62)23-34(3)15-13-18-48(77-9)59(76)30-47(79-51(71)31-59)37(6)53-58(49,7)81-53/h13,15,18-20,24-26,33,37,41,44,47-49,53,76H,5,10-12,14,16-17,21-23,27-32H2,1-4,6-9H3,(H,65,72)(H,66,75)(H3,63,64,74)/b18-13+,34-15+/t37-,41+,44+,47+,48-,49+,53+,58+,59-/m1/s1. The Bertz CT molecular complexity index is 2740. The molecule has 3 aliphatic rings. The molecule has 0 radical (unpaired) electrons. The van der Waals surface area contributed by atoms with Crippen LogP contribution in [0, 0.1) is 24.7 Å². The number of nitrogens with zero attached hydrogens (tertiary/aromatic N) is 1. The number of amides is 5. The van der Waals surface area contributed by atoms with Gasteiger partial charge in [-0.2, -0.15) is 0 Å². The summed E-state index contributed by atoms with van der Waals surface area (Å²) >= 11 is 13.5. The van der Waals surface area contributed by atoms with Gasteiger partial charge in [0.05, 0.1) is 48.0 Å². The number of unbranched alkanes of at least 4 members (excludes halogenated alkanes) is 2. The number of hydrogen-bond acceptors (Lipinski definition) is 14. The topological polar surface area (TPSA) is 272 Å². The van der Waals surface area contributed by atoms with E-state index < -0.39 is 89.4 Å². The number of nitrogens with one attached hydrogen (secondary N) is 3. The number of allylic oxidation sites excluding steroid dienone is 3. The molecule has 6 N–H and O–H groups in total. The smallest absolute Gasteiger partial charge is 0.412 e. The minimum Gasteiger partial charge on any atom is -0.462 e. The summed E-state index contributed by atoms with van der Waals surface area (Å²) in [6.45, 7) is 14.9. The first kappa shape index (κ1) is 66.4. The maximum atomic E-state index is 14.4. The first-order valence-electron chi connectivity index (χ1n) is 27.3. The Hall–Kier alpha value is -5.45. The molecule has 0 saturated carbocycles. The highest BCUT2D eigenvalue weighted by Crippen LogP contribution is 2.50. The van der Waals surface area contributed by atoms with Crippen LogP contribution in [0.25, 0.3) is 0 Å². The van der Waals surface area contributed by atoms with Crippen LogP contribution < -0.4 is 26.6 Å². The second-order valence-corrected chi connectivity index (χ2v) is 23.8. The molecule has 0 spiro atoms. The third-order valence-corrected chi connectivity index (χ3v) is 17.0. The van der Waals surface area contributed by atoms with Gasteiger partial charge in [-0.15, -0.1) is 0 Å². The normalized spacial score (nSPS) is 24.7. The van der Waals surface area contributed by atoms with Crippen molar-refractivity contribution in [1.29, 1.82) is 0 Å². The number of carbonyl (C=O) groups is 8. The molecule has 5 amide bonds. The summed E-state index contributed by atoms with van der Waals surface area (Å²) in [6, 6.07) is 6.86. The van der Waals surface area contributed by atoms with E-state index in [-0.39, 0.29) is 81.3 Å². The van der Waals surface area contributed by atoms with Crippen molar-refractivity contribution in [1.82, 2.24) is 10.6 Å². The lowest BCUT2D eigenvalue weighted by molar-refractivity contribution is -0.187. The van der Waals surface area contributed by atoms with Gasteiger partial charge >= 0.3 is 24.1 Å². The van der Waals surface area contributed by atoms with Gasteiger partial charge in [0, 0.05) is 73.6 Å². The number of ether oxygens (including phenoxy) is 5. The van der Waals surface area contributed by atoms with Gasteiger partial charge in [0.15, 0.2) is 5.78 Å². The minimum atomic E-state index is -1.63. The van der Waals surface area contributed by atoms with Crippen LogP contribution in [0.2, 0.25) is 5.02 Å². The van der Waals surface area contributed by atoms with Gasteiger partial charge in [0.25, 0.3) is 0 Å². The summed E-state index contributed by atoms with van der Waals surface area (Å²) in [4.78, 5) is 107. The number of benzene rings is 2. The van der Waals surface area contributed by atoms with E-state index in [9.17, 15) is 43.5 Å². The van der Waals surface area contributed by atoms with Crippen molar-refractivity contribution in [3.63, 3.8) is 0 Å². The zero-order chi connectivity index (χ0) is 59.9. The number of ketones is 2. The molecule has 2 fully saturated rings. The van der Waals surface area contributed by atoms with E-state index in [1.807, 2.05) is 45.9 Å². The number of esters is 2. The van der Waals surface area contributed by atoms with E-state index >= 15 is 0 Å². The largest absolute Gasteiger partial charge is 0.462 e. The SMILES string of the molecule is C=C(CBr)C(=O)OCCCCCC(=O)C[C@H](C(=O)N[C@@H](CCCNC(N)=O)C(=O)Cc1ccc(NC(=O)O[C@H]2CC(=O)N(C)c3cc(cc(C)c3Cl)C/C(C)=C/C=C/[C@@H](OC)[C@]3(O)CC(=O)O[C@@H](C3)[C@@H](C)[C@@H]3O[C@@]23C)c(Br)c1)C(C)C. The van der Waals surface area contributed by atoms with Crippen LogP contribution in [0.1, 0.15) is 116 Å². The minimum absolute atomic E-state index is 0.0139. The Morgan fingerprint density at radius 2 is 1.79 bits per heavy atom. The highest BCUT2D eigenvalue weighted by Gasteiger charge is 2.64. The lowest BCUT2D eigenvalue weighted by Gasteiger charge is -2.41. The number of aryl methyl sites for hydroxylation is 1. The van der Waals surface area contributed by atoms with Crippen LogP contribution in [0.5, 0.6) is 0 Å². The molecule has 9 atom stereocenters. The number of aliphatic hydroxyl groups is 1. The fraction of sp³-hybridized carbons (Fsp3) is 0.559. The number of urea groups is 1. The van der Waals surface area contributed by atoms with Gasteiger partial charge in [-0.1, -0.05) is 90.8 Å². The summed E-state index contributed by atoms with van der Waals surface area (Å²) in [5.74, 6) is -3.98. The predicted molar refractivity (Wildman–Crippen MR) is 314 cm³/mol. The molecule has 444 valence electrons. The Morgan fingerprint density at radius 3 is 2.46 bits per heavy atom. The number of epoxide rings is 1. The van der Waals surface area contributed by atoms with Crippen molar-refractivity contribution in [2.24, 2.45) is 23.5 Å². The zero-order valence-corrected chi connectivity index (χ0v) is 51.4. The lowest BCUT2D eigenvalue weighted by Crippen LogP contribution is -2.53. The van der Waals surface area contributed by atoms with Crippen LogP contribution >= 0.6 is 43.5 Å². The Labute approximate surface area is 496 Å². The van der Waals surface area contributed by atoms with Crippen molar-refractivity contribution < 1.29 is 67.1 Å². The molecule has 0 unspecified atom stereocenters. The van der Waals surface area contributed by atoms with Crippen molar-refractivity contribution in [2.45, 2.75) is 160 Å². The molecule has 2 aromatic carbocycles. The summed E-state index contributed by atoms with van der Waals surface area (Å²) in [6.07, 6.45) is 2.93. The molecule has 3 heterocycles. The first-order chi connectivity index (χ1) is 38.2. The molecule has 4 bridgehead atoms. The number of fused-ring (bicyclic) bond motifs is 5. The third-order valence-electron chi connectivity index (χ3n) is 15.1. The van der Waals surface area contributed by atoms with Crippen molar-refractivity contribution in [3.05, 3.63) is 92.5 Å². The molecule has 81 heavy (non-hydrogen) atoms. The summed E-state index contributed by atoms with van der Waals surface area (Å²) < 4.78 is 29.6. The second-order valence-electron chi connectivity index (χ2n) is 22.0. The number of anilines is 2. The number of methoxy groups -OCH3 is 1. The fourth-order valence-corrected chi connectivity index (χ4v) is 11.3. The average molecular weight is 1280 g/mol. The van der Waals surface area contributed by atoms with E-state index in [0.29, 0.717) is 63.8 Å². The predicted octanol–water partition coefficient (Wildman–Crippen LogP) is 9.02. The number of alkyl halides is 1. The quantitative estimate of drug-likeness (QED) is 0.0174. The van der Waals surface area contributed by atoms with E-state index in [2.05, 4.69) is 54.4 Å². The second kappa shape index (κ2) is 30.2. The maximum absolute atomic E-state index is 14.4. The third kappa shape index (κ3) is 18.8. The maximum Gasteiger partial charge on any atom is 0.412 e. The monoisotopic (exact) mass is 1270 g/mol. The van der Waals surface area contributed by atoms with Gasteiger partial charge in [-0.3, -0.25) is 29.3 Å². The molecule has 0 aliphatic carbocycles. The van der Waals surface area contributed by atoms with E-state index in [1.165, 1.54) is 12.0 Å². The summed E-state index contributed by atoms with van der Waals surface area (Å²) in [5.41, 5.74) is 6.49. The van der Waals surface area contributed by atoms with Crippen LogP contribution in [-0.4, -0.2) is 127 Å². The molecule has 19 nitrogen and oxygen atoms in total. The number of halogens is 3. The van der Waals surface area contributed by atoms with E-state index in [4.69, 9.17) is 41.0 Å². The molecule has 5 rings (SSSR count). The van der Waals surface area contributed by atoms with Gasteiger partial charge in [0.1, 0.15) is 35.3 Å². The number of Topliss-reactive ketones (excluding diaryl/α,β-unsaturated/α-hetero) is 2. The van der Waals surface area contributed by atoms with E-state index in [1.54, 1.807) is 51.2 Å². The Morgan fingerprint density at radius 1 is 1.06 bits per heavy atom. The molecular weight excluding hydrogens is 1200 g/mol. The van der Waals surface area contributed by atoms with Gasteiger partial charge in [0.2, 0.25) is 11.8 Å². The number of primary amides is 1. The summed E-state index contributed by atoms with van der Waals surface area (Å²) in [5, 5.41) is 20.8. The molecule has 3 aliphatic heterocycles. The van der Waals surface area contributed by atoms with Crippen LogP contribution in [0.4, 0.5) is 21.0 Å². The number of nitrogens with two attached hydrogens (primary N) is 1. The van der Waals surface area contributed by atoms with Crippen molar-refractivity contribution in [3.8, 4) is 0 Å². The first-order valence-corrected chi connectivity index (χ1v) is 29.6. The highest BCUT2D eigenvalue weighted by molar-refractivity contribution is 9.10. The van der Waals surface area contributed by atoms with Gasteiger partial charge in [-0.25, -0.2) is 14.4 Å². The molecular formula is C59H78Br2ClN5O14. The zero-order valence-electron chi connectivity index (χ0n) is 47.5. The van der Waals surface area contributed by atoms with E-state index in [0.717, 1.165) is 16.7 Å². The van der Waals surface area contributed by atoms with Gasteiger partial charge < -0.3 is 50.1 Å². The number of carbonyl (C=O) groups excluding carboxylic acids is 8. The van der Waals surface area contributed by atoms with Gasteiger partial charge in [-0.05, 0) is 116 Å². The molecule has 2 aromatic rings. The van der Waals surface area contributed by atoms with Crippen LogP contribution in [0.3, 0.4) is 0 Å². The number of rotatable bonds is 23. The Kier molecular flexibility index (Phi) is 24.7. The Balaban J connectivity index is 1.31. The average Bonchev–Trinajstić information content (AvgIpc) is 4.12. The van der Waals surface area contributed by atoms with Crippen molar-refractivity contribution in [2.75, 3.05) is 42.9 Å². The van der Waals surface area contributed by atoms with Crippen molar-refractivity contribution >= 4 is 102 Å². The molecule has 0 aromatic heterocycles. The molecule has 2 saturated heterocycles. The lowest BCUT2D eigenvalue weighted by atomic mass is 9.78.